The molecule has 128 valence electrons. The SMILES string of the molecule is CCn1cc(C2CCN(Cc3ccc(C(=O)O)cc3Br)CC2)cn1. The molecular weight excluding hydrogens is 370 g/mol. The van der Waals surface area contributed by atoms with E-state index in [1.807, 2.05) is 16.9 Å². The molecule has 1 aromatic heterocycles. The Hall–Kier alpha value is -1.66. The van der Waals surface area contributed by atoms with Crippen LogP contribution >= 0.6 is 15.9 Å². The maximum atomic E-state index is 11.0. The van der Waals surface area contributed by atoms with Gasteiger partial charge in [-0.1, -0.05) is 22.0 Å². The zero-order valence-electron chi connectivity index (χ0n) is 13.8. The van der Waals surface area contributed by atoms with Gasteiger partial charge in [-0.2, -0.15) is 5.10 Å². The maximum Gasteiger partial charge on any atom is 0.335 e. The Balaban J connectivity index is 1.58. The number of piperidine rings is 1. The number of hydrogen-bond acceptors (Lipinski definition) is 3. The zero-order valence-corrected chi connectivity index (χ0v) is 15.4. The van der Waals surface area contributed by atoms with Gasteiger partial charge in [0.25, 0.3) is 0 Å². The molecule has 24 heavy (non-hydrogen) atoms. The van der Waals surface area contributed by atoms with E-state index in [-0.39, 0.29) is 0 Å². The van der Waals surface area contributed by atoms with Crippen molar-refractivity contribution in [2.45, 2.75) is 38.8 Å². The molecule has 0 atom stereocenters. The molecule has 2 heterocycles. The molecule has 0 unspecified atom stereocenters. The molecule has 0 radical (unpaired) electrons. The van der Waals surface area contributed by atoms with E-state index in [1.54, 1.807) is 12.1 Å². The fourth-order valence-corrected chi connectivity index (χ4v) is 3.74. The summed E-state index contributed by atoms with van der Waals surface area (Å²) in [5, 5.41) is 13.4. The van der Waals surface area contributed by atoms with Crippen LogP contribution in [0.5, 0.6) is 0 Å². The molecule has 0 amide bonds. The normalized spacial score (nSPS) is 16.4. The van der Waals surface area contributed by atoms with E-state index in [9.17, 15) is 4.79 Å². The standard InChI is InChI=1S/C18H22BrN3O2/c1-2-22-12-16(10-20-22)13-5-7-21(8-6-13)11-15-4-3-14(18(23)24)9-17(15)19/h3-4,9-10,12-13H,2,5-8,11H2,1H3,(H,23,24). The molecule has 5 nitrogen and oxygen atoms in total. The molecule has 1 aromatic carbocycles. The summed E-state index contributed by atoms with van der Waals surface area (Å²) in [5.41, 5.74) is 2.80. The minimum absolute atomic E-state index is 0.317. The number of aryl methyl sites for hydroxylation is 1. The van der Waals surface area contributed by atoms with Crippen molar-refractivity contribution in [3.63, 3.8) is 0 Å². The monoisotopic (exact) mass is 391 g/mol. The Labute approximate surface area is 150 Å². The summed E-state index contributed by atoms with van der Waals surface area (Å²) in [6.07, 6.45) is 6.45. The highest BCUT2D eigenvalue weighted by atomic mass is 79.9. The van der Waals surface area contributed by atoms with Crippen molar-refractivity contribution in [1.82, 2.24) is 14.7 Å². The second-order valence-corrected chi connectivity index (χ2v) is 7.15. The first-order valence-electron chi connectivity index (χ1n) is 8.33. The minimum Gasteiger partial charge on any atom is -0.478 e. The molecule has 3 rings (SSSR count). The van der Waals surface area contributed by atoms with Crippen molar-refractivity contribution in [1.29, 1.82) is 0 Å². The molecule has 2 aromatic rings. The Morgan fingerprint density at radius 3 is 2.71 bits per heavy atom. The molecular formula is C18H22BrN3O2. The lowest BCUT2D eigenvalue weighted by molar-refractivity contribution is 0.0696. The summed E-state index contributed by atoms with van der Waals surface area (Å²) >= 11 is 3.50. The summed E-state index contributed by atoms with van der Waals surface area (Å²) in [7, 11) is 0. The number of aromatic carboxylic acids is 1. The third-order valence-corrected chi connectivity index (χ3v) is 5.47. The topological polar surface area (TPSA) is 58.4 Å². The second-order valence-electron chi connectivity index (χ2n) is 6.29. The van der Waals surface area contributed by atoms with Crippen LogP contribution in [0.3, 0.4) is 0 Å². The van der Waals surface area contributed by atoms with Crippen LogP contribution in [0.25, 0.3) is 0 Å². The van der Waals surface area contributed by atoms with Gasteiger partial charge in [-0.25, -0.2) is 4.79 Å². The molecule has 1 fully saturated rings. The van der Waals surface area contributed by atoms with Crippen LogP contribution in [-0.2, 0) is 13.1 Å². The van der Waals surface area contributed by atoms with Gasteiger partial charge < -0.3 is 5.11 Å². The lowest BCUT2D eigenvalue weighted by Gasteiger charge is -2.31. The Kier molecular flexibility index (Phi) is 5.36. The highest BCUT2D eigenvalue weighted by molar-refractivity contribution is 9.10. The van der Waals surface area contributed by atoms with E-state index in [4.69, 9.17) is 5.11 Å². The molecule has 1 saturated heterocycles. The highest BCUT2D eigenvalue weighted by Gasteiger charge is 2.22. The number of likely N-dealkylation sites (tertiary alicyclic amines) is 1. The number of benzene rings is 1. The molecule has 6 heteroatoms. The van der Waals surface area contributed by atoms with E-state index in [0.717, 1.165) is 49.1 Å². The number of halogens is 1. The van der Waals surface area contributed by atoms with Crippen molar-refractivity contribution in [2.75, 3.05) is 13.1 Å². The third kappa shape index (κ3) is 3.87. The van der Waals surface area contributed by atoms with Crippen molar-refractivity contribution < 1.29 is 9.90 Å². The largest absolute Gasteiger partial charge is 0.478 e. The average molecular weight is 392 g/mol. The molecule has 0 aliphatic carbocycles. The van der Waals surface area contributed by atoms with Gasteiger partial charge in [0.15, 0.2) is 0 Å². The van der Waals surface area contributed by atoms with E-state index in [2.05, 4.69) is 39.0 Å². The summed E-state index contributed by atoms with van der Waals surface area (Å²) in [6.45, 7) is 5.97. The molecule has 1 aliphatic heterocycles. The first-order valence-corrected chi connectivity index (χ1v) is 9.12. The minimum atomic E-state index is -0.893. The van der Waals surface area contributed by atoms with Crippen molar-refractivity contribution in [3.8, 4) is 0 Å². The summed E-state index contributed by atoms with van der Waals surface area (Å²) in [6, 6.07) is 5.27. The van der Waals surface area contributed by atoms with Gasteiger partial charge in [-0.05, 0) is 62.0 Å². The Morgan fingerprint density at radius 2 is 2.12 bits per heavy atom. The summed E-state index contributed by atoms with van der Waals surface area (Å²) in [4.78, 5) is 13.4. The number of rotatable bonds is 5. The highest BCUT2D eigenvalue weighted by Crippen LogP contribution is 2.29. The molecule has 1 aliphatic rings. The van der Waals surface area contributed by atoms with Crippen LogP contribution in [-0.4, -0.2) is 38.8 Å². The van der Waals surface area contributed by atoms with Gasteiger partial charge in [-0.3, -0.25) is 9.58 Å². The van der Waals surface area contributed by atoms with Gasteiger partial charge in [0.2, 0.25) is 0 Å². The lowest BCUT2D eigenvalue weighted by Crippen LogP contribution is -2.32. The Morgan fingerprint density at radius 1 is 1.38 bits per heavy atom. The predicted octanol–water partition coefficient (Wildman–Crippen LogP) is 3.74. The van der Waals surface area contributed by atoms with Crippen LogP contribution in [0.15, 0.2) is 35.1 Å². The van der Waals surface area contributed by atoms with E-state index < -0.39 is 5.97 Å². The van der Waals surface area contributed by atoms with E-state index in [1.165, 1.54) is 5.56 Å². The quantitative estimate of drug-likeness (QED) is 0.842. The fraction of sp³-hybridized carbons (Fsp3) is 0.444. The fourth-order valence-electron chi connectivity index (χ4n) is 3.24. The number of hydrogen-bond donors (Lipinski definition) is 1. The van der Waals surface area contributed by atoms with Gasteiger partial charge in [-0.15, -0.1) is 0 Å². The summed E-state index contributed by atoms with van der Waals surface area (Å²) in [5.74, 6) is -0.296. The molecule has 0 spiro atoms. The second kappa shape index (κ2) is 7.49. The van der Waals surface area contributed by atoms with Crippen LogP contribution in [0.1, 0.15) is 47.2 Å². The van der Waals surface area contributed by atoms with Crippen molar-refractivity contribution >= 4 is 21.9 Å². The third-order valence-electron chi connectivity index (χ3n) is 4.73. The zero-order chi connectivity index (χ0) is 17.1. The van der Waals surface area contributed by atoms with Gasteiger partial charge in [0, 0.05) is 23.8 Å². The van der Waals surface area contributed by atoms with E-state index >= 15 is 0 Å². The molecule has 0 saturated carbocycles. The maximum absolute atomic E-state index is 11.0. The number of carboxylic acids is 1. The molecule has 0 bridgehead atoms. The van der Waals surface area contributed by atoms with Crippen molar-refractivity contribution in [3.05, 3.63) is 51.8 Å². The van der Waals surface area contributed by atoms with Gasteiger partial charge in [0.05, 0.1) is 11.8 Å². The smallest absolute Gasteiger partial charge is 0.335 e. The van der Waals surface area contributed by atoms with Gasteiger partial charge in [0.1, 0.15) is 0 Å². The molecule has 1 N–H and O–H groups in total. The first kappa shape index (κ1) is 17.2. The number of nitrogens with zero attached hydrogens (tertiary/aromatic N) is 3. The van der Waals surface area contributed by atoms with Crippen LogP contribution < -0.4 is 0 Å². The Bertz CT molecular complexity index is 721. The van der Waals surface area contributed by atoms with E-state index in [0.29, 0.717) is 11.5 Å². The number of aromatic nitrogens is 2. The van der Waals surface area contributed by atoms with Crippen LogP contribution in [0, 0.1) is 0 Å². The average Bonchev–Trinajstić information content (AvgIpc) is 3.06. The number of carboxylic acid groups (broad SMARTS) is 1. The van der Waals surface area contributed by atoms with Gasteiger partial charge >= 0.3 is 5.97 Å². The predicted molar refractivity (Wildman–Crippen MR) is 96.3 cm³/mol. The van der Waals surface area contributed by atoms with Crippen LogP contribution in [0.4, 0.5) is 0 Å². The summed E-state index contributed by atoms with van der Waals surface area (Å²) < 4.78 is 2.86. The van der Waals surface area contributed by atoms with Crippen LogP contribution in [0.2, 0.25) is 0 Å². The number of carbonyl (C=O) groups is 1. The lowest BCUT2D eigenvalue weighted by atomic mass is 9.91. The van der Waals surface area contributed by atoms with Crippen molar-refractivity contribution in [2.24, 2.45) is 0 Å². The first-order chi connectivity index (χ1) is 11.6.